The maximum atomic E-state index is 12.9. The zero-order valence-electron chi connectivity index (χ0n) is 20.4. The summed E-state index contributed by atoms with van der Waals surface area (Å²) < 4.78 is 12.0. The van der Waals surface area contributed by atoms with Crippen molar-refractivity contribution in [3.63, 3.8) is 0 Å². The molecule has 0 aliphatic heterocycles. The zero-order chi connectivity index (χ0) is 25.2. The lowest BCUT2D eigenvalue weighted by Gasteiger charge is -2.17. The van der Waals surface area contributed by atoms with Crippen LogP contribution in [0.4, 0.5) is 5.69 Å². The summed E-state index contributed by atoms with van der Waals surface area (Å²) in [7, 11) is 0. The number of carbonyl (C=O) groups is 1. The van der Waals surface area contributed by atoms with E-state index in [1.165, 1.54) is 0 Å². The lowest BCUT2D eigenvalue weighted by atomic mass is 10.0. The molecule has 0 aliphatic carbocycles. The number of benzene rings is 3. The Morgan fingerprint density at radius 1 is 1.09 bits per heavy atom. The van der Waals surface area contributed by atoms with Gasteiger partial charge in [0.1, 0.15) is 18.2 Å². The van der Waals surface area contributed by atoms with Gasteiger partial charge in [-0.2, -0.15) is 5.26 Å². The summed E-state index contributed by atoms with van der Waals surface area (Å²) in [6, 6.07) is 21.3. The number of nitrogens with one attached hydrogen (secondary N) is 1. The van der Waals surface area contributed by atoms with Crippen LogP contribution < -0.4 is 14.8 Å². The molecule has 0 bridgehead atoms. The first-order chi connectivity index (χ1) is 17.0. The second-order valence-corrected chi connectivity index (χ2v) is 8.08. The SMILES string of the molecule is C=CCc1cc(/C=C(\C#N)C(=O)Nc2cccc(C)c2C)cc(OCC)c1OCc1ccccc1. The molecule has 0 fully saturated rings. The highest BCUT2D eigenvalue weighted by atomic mass is 16.5. The highest BCUT2D eigenvalue weighted by molar-refractivity contribution is 6.10. The van der Waals surface area contributed by atoms with Crippen molar-refractivity contribution in [3.8, 4) is 17.6 Å². The van der Waals surface area contributed by atoms with Gasteiger partial charge in [-0.25, -0.2) is 0 Å². The molecule has 0 saturated heterocycles. The van der Waals surface area contributed by atoms with Crippen LogP contribution in [0.5, 0.6) is 11.5 Å². The van der Waals surface area contributed by atoms with Crippen molar-refractivity contribution in [2.75, 3.05) is 11.9 Å². The van der Waals surface area contributed by atoms with Gasteiger partial charge < -0.3 is 14.8 Å². The summed E-state index contributed by atoms with van der Waals surface area (Å²) in [6.07, 6.45) is 3.89. The molecule has 0 aliphatic rings. The first-order valence-corrected chi connectivity index (χ1v) is 11.5. The Balaban J connectivity index is 1.94. The molecule has 0 spiro atoms. The molecule has 0 unspecified atom stereocenters. The van der Waals surface area contributed by atoms with Gasteiger partial charge in [0.15, 0.2) is 11.5 Å². The van der Waals surface area contributed by atoms with Crippen LogP contribution in [0.2, 0.25) is 0 Å². The number of aryl methyl sites for hydroxylation is 1. The van der Waals surface area contributed by atoms with E-state index in [2.05, 4.69) is 11.9 Å². The minimum Gasteiger partial charge on any atom is -0.490 e. The molecule has 0 aromatic heterocycles. The molecule has 35 heavy (non-hydrogen) atoms. The normalized spacial score (nSPS) is 10.9. The van der Waals surface area contributed by atoms with Crippen LogP contribution in [0, 0.1) is 25.2 Å². The molecule has 5 heteroatoms. The minimum atomic E-state index is -0.464. The predicted octanol–water partition coefficient (Wildman–Crippen LogP) is 6.56. The van der Waals surface area contributed by atoms with E-state index in [0.717, 1.165) is 22.3 Å². The van der Waals surface area contributed by atoms with E-state index in [1.807, 2.05) is 81.4 Å². The number of hydrogen-bond acceptors (Lipinski definition) is 4. The van der Waals surface area contributed by atoms with E-state index in [4.69, 9.17) is 9.47 Å². The molecule has 1 N–H and O–H groups in total. The third-order valence-corrected chi connectivity index (χ3v) is 5.57. The largest absolute Gasteiger partial charge is 0.490 e. The van der Waals surface area contributed by atoms with E-state index in [1.54, 1.807) is 18.2 Å². The summed E-state index contributed by atoms with van der Waals surface area (Å²) in [6.45, 7) is 10.5. The van der Waals surface area contributed by atoms with Gasteiger partial charge in [0, 0.05) is 11.3 Å². The number of ether oxygens (including phenoxy) is 2. The molecule has 1 amide bonds. The Kier molecular flexibility index (Phi) is 8.86. The maximum absolute atomic E-state index is 12.9. The molecule has 3 aromatic carbocycles. The van der Waals surface area contributed by atoms with Gasteiger partial charge in [-0.3, -0.25) is 4.79 Å². The molecule has 3 rings (SSSR count). The highest BCUT2D eigenvalue weighted by Gasteiger charge is 2.16. The molecule has 3 aromatic rings. The number of nitrogens with zero attached hydrogens (tertiary/aromatic N) is 1. The Morgan fingerprint density at radius 2 is 1.86 bits per heavy atom. The van der Waals surface area contributed by atoms with Crippen molar-refractivity contribution < 1.29 is 14.3 Å². The van der Waals surface area contributed by atoms with E-state index in [-0.39, 0.29) is 5.57 Å². The van der Waals surface area contributed by atoms with Gasteiger partial charge in [-0.05, 0) is 73.7 Å². The number of nitriles is 1. The summed E-state index contributed by atoms with van der Waals surface area (Å²) in [5, 5.41) is 12.6. The van der Waals surface area contributed by atoms with E-state index >= 15 is 0 Å². The van der Waals surface area contributed by atoms with E-state index in [0.29, 0.717) is 42.4 Å². The molecular weight excluding hydrogens is 436 g/mol. The van der Waals surface area contributed by atoms with Gasteiger partial charge in [0.05, 0.1) is 6.61 Å². The van der Waals surface area contributed by atoms with Crippen molar-refractivity contribution in [1.82, 2.24) is 0 Å². The van der Waals surface area contributed by atoms with Crippen molar-refractivity contribution in [1.29, 1.82) is 5.26 Å². The topological polar surface area (TPSA) is 71.4 Å². The fourth-order valence-corrected chi connectivity index (χ4v) is 3.62. The zero-order valence-corrected chi connectivity index (χ0v) is 20.4. The van der Waals surface area contributed by atoms with Crippen LogP contribution in [-0.4, -0.2) is 12.5 Å². The number of anilines is 1. The van der Waals surface area contributed by atoms with Crippen molar-refractivity contribution in [2.45, 2.75) is 33.8 Å². The van der Waals surface area contributed by atoms with E-state index in [9.17, 15) is 10.1 Å². The van der Waals surface area contributed by atoms with Gasteiger partial charge in [-0.1, -0.05) is 48.5 Å². The lowest BCUT2D eigenvalue weighted by molar-refractivity contribution is -0.112. The second kappa shape index (κ2) is 12.2. The second-order valence-electron chi connectivity index (χ2n) is 8.08. The quantitative estimate of drug-likeness (QED) is 0.209. The number of amides is 1. The fraction of sp³-hybridized carbons (Fsp3) is 0.200. The van der Waals surface area contributed by atoms with Crippen LogP contribution in [0.15, 0.2) is 78.9 Å². The first-order valence-electron chi connectivity index (χ1n) is 11.5. The third-order valence-electron chi connectivity index (χ3n) is 5.57. The van der Waals surface area contributed by atoms with Crippen molar-refractivity contribution in [3.05, 3.63) is 107 Å². The average Bonchev–Trinajstić information content (AvgIpc) is 2.86. The Hall–Kier alpha value is -4.30. The maximum Gasteiger partial charge on any atom is 0.266 e. The summed E-state index contributed by atoms with van der Waals surface area (Å²) in [4.78, 5) is 12.9. The molecular formula is C30H30N2O3. The summed E-state index contributed by atoms with van der Waals surface area (Å²) in [5.41, 5.74) is 5.28. The molecule has 0 heterocycles. The first kappa shape index (κ1) is 25.3. The fourth-order valence-electron chi connectivity index (χ4n) is 3.62. The summed E-state index contributed by atoms with van der Waals surface area (Å²) in [5.74, 6) is 0.723. The minimum absolute atomic E-state index is 0.00383. The van der Waals surface area contributed by atoms with Crippen LogP contribution in [0.3, 0.4) is 0 Å². The predicted molar refractivity (Wildman–Crippen MR) is 140 cm³/mol. The molecule has 5 nitrogen and oxygen atoms in total. The smallest absolute Gasteiger partial charge is 0.266 e. The molecule has 178 valence electrons. The van der Waals surface area contributed by atoms with E-state index < -0.39 is 5.91 Å². The van der Waals surface area contributed by atoms with Crippen molar-refractivity contribution >= 4 is 17.7 Å². The molecule has 0 atom stereocenters. The standard InChI is InChI=1S/C30H30N2O3/c1-5-11-25-16-24(17-26(19-31)30(33)32-27-15-10-12-21(3)22(27)4)18-28(34-6-2)29(25)35-20-23-13-8-7-9-14-23/h5,7-10,12-18H,1,6,11,20H2,2-4H3,(H,32,33)/b26-17+. The Labute approximate surface area is 207 Å². The van der Waals surface area contributed by atoms with Crippen LogP contribution in [0.1, 0.15) is 34.7 Å². The monoisotopic (exact) mass is 466 g/mol. The average molecular weight is 467 g/mol. The Morgan fingerprint density at radius 3 is 2.54 bits per heavy atom. The number of carbonyl (C=O) groups excluding carboxylic acids is 1. The van der Waals surface area contributed by atoms with Crippen LogP contribution in [-0.2, 0) is 17.8 Å². The van der Waals surface area contributed by atoms with Crippen LogP contribution >= 0.6 is 0 Å². The van der Waals surface area contributed by atoms with Gasteiger partial charge >= 0.3 is 0 Å². The number of rotatable bonds is 10. The van der Waals surface area contributed by atoms with Crippen LogP contribution in [0.25, 0.3) is 6.08 Å². The third kappa shape index (κ3) is 6.61. The number of hydrogen-bond donors (Lipinski definition) is 1. The van der Waals surface area contributed by atoms with Gasteiger partial charge in [0.2, 0.25) is 0 Å². The molecule has 0 saturated carbocycles. The van der Waals surface area contributed by atoms with Crippen molar-refractivity contribution in [2.24, 2.45) is 0 Å². The lowest BCUT2D eigenvalue weighted by Crippen LogP contribution is -2.14. The highest BCUT2D eigenvalue weighted by Crippen LogP contribution is 2.35. The van der Waals surface area contributed by atoms with Gasteiger partial charge in [-0.15, -0.1) is 6.58 Å². The summed E-state index contributed by atoms with van der Waals surface area (Å²) >= 11 is 0. The Bertz CT molecular complexity index is 1270. The van der Waals surface area contributed by atoms with Gasteiger partial charge in [0.25, 0.3) is 5.91 Å². The molecule has 0 radical (unpaired) electrons. The number of allylic oxidation sites excluding steroid dienone is 1.